The van der Waals surface area contributed by atoms with Crippen molar-refractivity contribution in [1.29, 1.82) is 0 Å². The van der Waals surface area contributed by atoms with Crippen molar-refractivity contribution < 1.29 is 19.5 Å². The molecule has 1 aliphatic carbocycles. The zero-order chi connectivity index (χ0) is 13.6. The van der Waals surface area contributed by atoms with Crippen LogP contribution in [0.1, 0.15) is 27.1 Å². The van der Waals surface area contributed by atoms with E-state index < -0.39 is 23.8 Å². The number of aliphatic carboxylic acids is 1. The quantitative estimate of drug-likeness (QED) is 0.623. The van der Waals surface area contributed by atoms with Crippen molar-refractivity contribution in [2.24, 2.45) is 5.92 Å². The summed E-state index contributed by atoms with van der Waals surface area (Å²) in [6, 6.07) is 1.01. The van der Waals surface area contributed by atoms with E-state index in [0.29, 0.717) is 5.56 Å². The van der Waals surface area contributed by atoms with Crippen LogP contribution in [0.2, 0.25) is 0 Å². The highest BCUT2D eigenvalue weighted by atomic mass is 16.4. The smallest absolute Gasteiger partial charge is 0.310 e. The van der Waals surface area contributed by atoms with Crippen molar-refractivity contribution in [3.05, 3.63) is 41.7 Å². The first-order valence-corrected chi connectivity index (χ1v) is 5.82. The van der Waals surface area contributed by atoms with E-state index in [-0.39, 0.29) is 17.9 Å². The Labute approximate surface area is 108 Å². The van der Waals surface area contributed by atoms with Crippen LogP contribution in [-0.2, 0) is 4.79 Å². The molecule has 0 saturated heterocycles. The molecular formula is C13H10N2O4. The van der Waals surface area contributed by atoms with Crippen molar-refractivity contribution in [2.45, 2.75) is 12.5 Å². The summed E-state index contributed by atoms with van der Waals surface area (Å²) in [6.45, 7) is 0. The lowest BCUT2D eigenvalue weighted by Crippen LogP contribution is -2.38. The highest BCUT2D eigenvalue weighted by Gasteiger charge is 2.41. The van der Waals surface area contributed by atoms with Crippen LogP contribution in [0.3, 0.4) is 0 Å². The molecule has 6 heteroatoms. The summed E-state index contributed by atoms with van der Waals surface area (Å²) in [5.41, 5.74) is 0.604. The summed E-state index contributed by atoms with van der Waals surface area (Å²) in [5.74, 6) is -2.39. The van der Waals surface area contributed by atoms with Crippen LogP contribution in [0.25, 0.3) is 0 Å². The first kappa shape index (κ1) is 11.6. The van der Waals surface area contributed by atoms with Gasteiger partial charge in [0.2, 0.25) is 0 Å². The van der Waals surface area contributed by atoms with E-state index in [4.69, 9.17) is 5.11 Å². The minimum Gasteiger partial charge on any atom is -0.481 e. The number of nitrogens with zero attached hydrogens (tertiary/aromatic N) is 2. The number of aromatic nitrogens is 1. The third-order valence-corrected chi connectivity index (χ3v) is 3.43. The van der Waals surface area contributed by atoms with Gasteiger partial charge < -0.3 is 5.11 Å². The predicted molar refractivity (Wildman–Crippen MR) is 63.4 cm³/mol. The Kier molecular flexibility index (Phi) is 2.45. The van der Waals surface area contributed by atoms with E-state index in [1.807, 2.05) is 0 Å². The molecule has 0 fully saturated rings. The molecule has 2 aliphatic rings. The highest BCUT2D eigenvalue weighted by molar-refractivity contribution is 6.21. The minimum absolute atomic E-state index is 0.230. The molecule has 0 spiro atoms. The number of carboxylic acid groups (broad SMARTS) is 1. The highest BCUT2D eigenvalue weighted by Crippen LogP contribution is 2.30. The van der Waals surface area contributed by atoms with E-state index in [2.05, 4.69) is 4.98 Å². The average molecular weight is 258 g/mol. The molecule has 6 nitrogen and oxygen atoms in total. The fourth-order valence-corrected chi connectivity index (χ4v) is 2.46. The zero-order valence-electron chi connectivity index (χ0n) is 9.81. The van der Waals surface area contributed by atoms with Gasteiger partial charge in [-0.2, -0.15) is 0 Å². The number of carbonyl (C=O) groups is 3. The first-order chi connectivity index (χ1) is 9.09. The van der Waals surface area contributed by atoms with Gasteiger partial charge in [-0.15, -0.1) is 0 Å². The van der Waals surface area contributed by atoms with Crippen molar-refractivity contribution >= 4 is 17.8 Å². The largest absolute Gasteiger partial charge is 0.481 e. The number of rotatable bonds is 2. The number of amides is 2. The number of carbonyl (C=O) groups excluding carboxylic acids is 2. The fourth-order valence-electron chi connectivity index (χ4n) is 2.46. The lowest BCUT2D eigenvalue weighted by atomic mass is 10.1. The lowest BCUT2D eigenvalue weighted by Gasteiger charge is -2.20. The second-order valence-electron chi connectivity index (χ2n) is 4.53. The molecule has 0 bridgehead atoms. The van der Waals surface area contributed by atoms with E-state index in [1.165, 1.54) is 24.5 Å². The zero-order valence-corrected chi connectivity index (χ0v) is 9.81. The van der Waals surface area contributed by atoms with E-state index in [9.17, 15) is 14.4 Å². The minimum atomic E-state index is -0.947. The third-order valence-electron chi connectivity index (χ3n) is 3.43. The Balaban J connectivity index is 1.90. The van der Waals surface area contributed by atoms with Gasteiger partial charge in [0.05, 0.1) is 23.1 Å². The van der Waals surface area contributed by atoms with Crippen LogP contribution in [0.15, 0.2) is 30.6 Å². The van der Waals surface area contributed by atoms with Crippen LogP contribution < -0.4 is 0 Å². The summed E-state index contributed by atoms with van der Waals surface area (Å²) in [6.07, 6.45) is 6.18. The number of pyridine rings is 1. The Morgan fingerprint density at radius 2 is 2.00 bits per heavy atom. The Morgan fingerprint density at radius 1 is 1.26 bits per heavy atom. The van der Waals surface area contributed by atoms with Crippen LogP contribution in [0, 0.1) is 5.92 Å². The molecule has 0 aromatic carbocycles. The second-order valence-corrected chi connectivity index (χ2v) is 4.53. The van der Waals surface area contributed by atoms with Gasteiger partial charge in [0.25, 0.3) is 11.8 Å². The van der Waals surface area contributed by atoms with Crippen molar-refractivity contribution in [3.63, 3.8) is 0 Å². The number of imide groups is 1. The predicted octanol–water partition coefficient (Wildman–Crippen LogP) is 0.707. The first-order valence-electron chi connectivity index (χ1n) is 5.82. The summed E-state index contributed by atoms with van der Waals surface area (Å²) in [7, 11) is 0. The van der Waals surface area contributed by atoms with E-state index >= 15 is 0 Å². The number of hydrogen-bond donors (Lipinski definition) is 1. The molecule has 96 valence electrons. The fraction of sp³-hybridized carbons (Fsp3) is 0.231. The molecule has 1 aromatic heterocycles. The van der Waals surface area contributed by atoms with Gasteiger partial charge >= 0.3 is 5.97 Å². The molecule has 2 heterocycles. The summed E-state index contributed by atoms with van der Waals surface area (Å²) >= 11 is 0. The van der Waals surface area contributed by atoms with Gasteiger partial charge in [0.15, 0.2) is 0 Å². The third kappa shape index (κ3) is 1.64. The maximum atomic E-state index is 12.2. The molecule has 1 aromatic rings. The van der Waals surface area contributed by atoms with Crippen LogP contribution in [0.5, 0.6) is 0 Å². The van der Waals surface area contributed by atoms with Gasteiger partial charge in [-0.25, -0.2) is 0 Å². The molecule has 2 atom stereocenters. The Bertz CT molecular complexity index is 588. The SMILES string of the molecule is O=C(O)C1C=CC(N2C(=O)c3ccncc3C2=O)C1. The Hall–Kier alpha value is -2.50. The summed E-state index contributed by atoms with van der Waals surface area (Å²) in [4.78, 5) is 40.2. The molecular weight excluding hydrogens is 248 g/mol. The van der Waals surface area contributed by atoms with Gasteiger partial charge in [-0.1, -0.05) is 12.2 Å². The van der Waals surface area contributed by atoms with Gasteiger partial charge in [0, 0.05) is 12.4 Å². The monoisotopic (exact) mass is 258 g/mol. The molecule has 0 saturated carbocycles. The summed E-state index contributed by atoms with van der Waals surface area (Å²) < 4.78 is 0. The summed E-state index contributed by atoms with van der Waals surface area (Å²) in [5, 5.41) is 8.93. The topological polar surface area (TPSA) is 87.6 Å². The normalized spacial score (nSPS) is 24.9. The van der Waals surface area contributed by atoms with Gasteiger partial charge in [0.1, 0.15) is 0 Å². The maximum Gasteiger partial charge on any atom is 0.310 e. The second kappa shape index (κ2) is 4.01. The molecule has 2 unspecified atom stereocenters. The van der Waals surface area contributed by atoms with Crippen LogP contribution >= 0.6 is 0 Å². The average Bonchev–Trinajstić information content (AvgIpc) is 2.96. The lowest BCUT2D eigenvalue weighted by molar-refractivity contribution is -0.140. The number of carboxylic acids is 1. The standard InChI is InChI=1S/C13H10N2O4/c16-11-9-3-4-14-6-10(9)12(17)15(11)8-2-1-7(5-8)13(18)19/h1-4,6-8H,5H2,(H,18,19). The molecule has 19 heavy (non-hydrogen) atoms. The van der Waals surface area contributed by atoms with E-state index in [0.717, 1.165) is 4.90 Å². The van der Waals surface area contributed by atoms with Crippen LogP contribution in [0.4, 0.5) is 0 Å². The Morgan fingerprint density at radius 3 is 2.63 bits per heavy atom. The van der Waals surface area contributed by atoms with Gasteiger partial charge in [-0.3, -0.25) is 24.3 Å². The number of hydrogen-bond acceptors (Lipinski definition) is 4. The van der Waals surface area contributed by atoms with E-state index in [1.54, 1.807) is 6.08 Å². The molecule has 1 aliphatic heterocycles. The molecule has 2 amide bonds. The van der Waals surface area contributed by atoms with Crippen molar-refractivity contribution in [2.75, 3.05) is 0 Å². The van der Waals surface area contributed by atoms with Crippen molar-refractivity contribution in [1.82, 2.24) is 9.88 Å². The van der Waals surface area contributed by atoms with Crippen molar-refractivity contribution in [3.8, 4) is 0 Å². The van der Waals surface area contributed by atoms with Gasteiger partial charge in [-0.05, 0) is 12.5 Å². The van der Waals surface area contributed by atoms with Crippen LogP contribution in [-0.4, -0.2) is 38.8 Å². The molecule has 0 radical (unpaired) electrons. The molecule has 1 N–H and O–H groups in total. The maximum absolute atomic E-state index is 12.2. The molecule has 3 rings (SSSR count). The number of fused-ring (bicyclic) bond motifs is 1.